The third-order valence-corrected chi connectivity index (χ3v) is 6.95. The predicted octanol–water partition coefficient (Wildman–Crippen LogP) is 4.47. The number of allylic oxidation sites excluding steroid dienone is 2. The summed E-state index contributed by atoms with van der Waals surface area (Å²) in [7, 11) is 0. The van der Waals surface area contributed by atoms with Crippen LogP contribution in [0.15, 0.2) is 24.8 Å². The van der Waals surface area contributed by atoms with Crippen molar-refractivity contribution in [3.8, 4) is 0 Å². The van der Waals surface area contributed by atoms with Crippen LogP contribution in [0, 0.1) is 22.7 Å². The van der Waals surface area contributed by atoms with E-state index in [2.05, 4.69) is 33.9 Å². The van der Waals surface area contributed by atoms with Crippen LogP contribution in [0.3, 0.4) is 0 Å². The van der Waals surface area contributed by atoms with E-state index in [9.17, 15) is 10.2 Å². The molecule has 0 heterocycles. The average Bonchev–Trinajstić information content (AvgIpc) is 2.40. The van der Waals surface area contributed by atoms with Crippen molar-refractivity contribution in [2.24, 2.45) is 22.7 Å². The Balaban J connectivity index is 2.35. The van der Waals surface area contributed by atoms with E-state index in [1.54, 1.807) is 6.08 Å². The molecule has 2 N–H and O–H groups in total. The first-order valence-electron chi connectivity index (χ1n) is 8.76. The van der Waals surface area contributed by atoms with Crippen molar-refractivity contribution in [1.29, 1.82) is 0 Å². The largest absolute Gasteiger partial charge is 0.390 e. The smallest absolute Gasteiger partial charge is 0.0910 e. The second kappa shape index (κ2) is 5.79. The molecule has 2 aliphatic carbocycles. The highest BCUT2D eigenvalue weighted by molar-refractivity contribution is 5.14. The van der Waals surface area contributed by atoms with Crippen LogP contribution >= 0.6 is 0 Å². The van der Waals surface area contributed by atoms with Crippen molar-refractivity contribution in [1.82, 2.24) is 0 Å². The van der Waals surface area contributed by atoms with Crippen molar-refractivity contribution in [2.75, 3.05) is 0 Å². The third-order valence-electron chi connectivity index (χ3n) is 6.95. The first-order chi connectivity index (χ1) is 10.1. The number of fused-ring (bicyclic) bond motifs is 1. The minimum Gasteiger partial charge on any atom is -0.390 e. The van der Waals surface area contributed by atoms with E-state index in [0.717, 1.165) is 31.3 Å². The Morgan fingerprint density at radius 1 is 1.23 bits per heavy atom. The molecule has 0 unspecified atom stereocenters. The van der Waals surface area contributed by atoms with Gasteiger partial charge in [0.1, 0.15) is 0 Å². The maximum atomic E-state index is 11.1. The Bertz CT molecular complexity index is 449. The monoisotopic (exact) mass is 306 g/mol. The van der Waals surface area contributed by atoms with Gasteiger partial charge in [-0.3, -0.25) is 0 Å². The lowest BCUT2D eigenvalue weighted by atomic mass is 9.44. The fourth-order valence-corrected chi connectivity index (χ4v) is 5.59. The fourth-order valence-electron chi connectivity index (χ4n) is 5.59. The van der Waals surface area contributed by atoms with Crippen molar-refractivity contribution >= 4 is 0 Å². The van der Waals surface area contributed by atoms with Gasteiger partial charge in [-0.25, -0.2) is 0 Å². The van der Waals surface area contributed by atoms with Gasteiger partial charge < -0.3 is 10.2 Å². The molecule has 5 atom stereocenters. The van der Waals surface area contributed by atoms with Crippen molar-refractivity contribution in [2.45, 2.75) is 77.9 Å². The third kappa shape index (κ3) is 2.80. The summed E-state index contributed by atoms with van der Waals surface area (Å²) in [6.45, 7) is 16.7. The normalized spacial score (nSPS) is 44.2. The standard InChI is InChI=1S/C20H34O2/c1-7-14(2)9-10-15-19(5)12-8-11-18(3,4)16(19)13-17(21)20(15,6)22/h7,15-17,21-22H,1-2,8-13H2,3-6H3/t15-,16+,17+,19-,20+/m0/s1. The van der Waals surface area contributed by atoms with Crippen LogP contribution in [-0.2, 0) is 0 Å². The topological polar surface area (TPSA) is 40.5 Å². The maximum Gasteiger partial charge on any atom is 0.0910 e. The molecule has 0 bridgehead atoms. The number of aliphatic hydroxyl groups is 2. The Morgan fingerprint density at radius 2 is 1.86 bits per heavy atom. The predicted molar refractivity (Wildman–Crippen MR) is 92.5 cm³/mol. The summed E-state index contributed by atoms with van der Waals surface area (Å²) < 4.78 is 0. The molecule has 126 valence electrons. The van der Waals surface area contributed by atoms with Crippen LogP contribution in [0.1, 0.15) is 66.2 Å². The Hall–Kier alpha value is -0.600. The van der Waals surface area contributed by atoms with Gasteiger partial charge >= 0.3 is 0 Å². The van der Waals surface area contributed by atoms with E-state index < -0.39 is 11.7 Å². The van der Waals surface area contributed by atoms with Gasteiger partial charge in [0.15, 0.2) is 0 Å². The highest BCUT2D eigenvalue weighted by Gasteiger charge is 2.60. The van der Waals surface area contributed by atoms with E-state index in [1.165, 1.54) is 12.8 Å². The number of hydrogen-bond acceptors (Lipinski definition) is 2. The van der Waals surface area contributed by atoms with E-state index in [-0.39, 0.29) is 16.7 Å². The molecule has 2 aliphatic rings. The lowest BCUT2D eigenvalue weighted by Crippen LogP contribution is -2.63. The van der Waals surface area contributed by atoms with Crippen LogP contribution in [0.25, 0.3) is 0 Å². The molecule has 0 aliphatic heterocycles. The molecule has 2 fully saturated rings. The van der Waals surface area contributed by atoms with Crippen LogP contribution in [-0.4, -0.2) is 21.9 Å². The van der Waals surface area contributed by atoms with Crippen molar-refractivity contribution in [3.63, 3.8) is 0 Å². The van der Waals surface area contributed by atoms with E-state index in [1.807, 2.05) is 6.92 Å². The van der Waals surface area contributed by atoms with Gasteiger partial charge in [-0.2, -0.15) is 0 Å². The number of rotatable bonds is 4. The lowest BCUT2D eigenvalue weighted by molar-refractivity contribution is -0.220. The lowest BCUT2D eigenvalue weighted by Gasteiger charge is -2.62. The van der Waals surface area contributed by atoms with E-state index >= 15 is 0 Å². The number of aliphatic hydroxyl groups excluding tert-OH is 1. The minimum absolute atomic E-state index is 0.0892. The highest BCUT2D eigenvalue weighted by atomic mass is 16.3. The molecule has 0 aromatic rings. The zero-order valence-electron chi connectivity index (χ0n) is 14.9. The van der Waals surface area contributed by atoms with Crippen molar-refractivity contribution in [3.05, 3.63) is 24.8 Å². The second-order valence-electron chi connectivity index (χ2n) is 8.83. The van der Waals surface area contributed by atoms with E-state index in [4.69, 9.17) is 0 Å². The molecule has 2 nitrogen and oxygen atoms in total. The van der Waals surface area contributed by atoms with Crippen LogP contribution in [0.4, 0.5) is 0 Å². The van der Waals surface area contributed by atoms with Crippen LogP contribution < -0.4 is 0 Å². The van der Waals surface area contributed by atoms with Gasteiger partial charge in [0, 0.05) is 0 Å². The summed E-state index contributed by atoms with van der Waals surface area (Å²) >= 11 is 0. The summed E-state index contributed by atoms with van der Waals surface area (Å²) in [4.78, 5) is 0. The molecule has 0 aromatic heterocycles. The zero-order chi connectivity index (χ0) is 16.8. The first-order valence-corrected chi connectivity index (χ1v) is 8.76. The summed E-state index contributed by atoms with van der Waals surface area (Å²) in [6, 6.07) is 0. The van der Waals surface area contributed by atoms with Crippen molar-refractivity contribution < 1.29 is 10.2 Å². The Kier molecular flexibility index (Phi) is 4.68. The average molecular weight is 306 g/mol. The second-order valence-corrected chi connectivity index (χ2v) is 8.83. The van der Waals surface area contributed by atoms with Gasteiger partial charge in [0.2, 0.25) is 0 Å². The first kappa shape index (κ1) is 17.7. The molecule has 0 saturated heterocycles. The minimum atomic E-state index is -1.01. The van der Waals surface area contributed by atoms with Gasteiger partial charge in [-0.05, 0) is 61.7 Å². The van der Waals surface area contributed by atoms with E-state index in [0.29, 0.717) is 5.92 Å². The number of hydrogen-bond donors (Lipinski definition) is 2. The quantitative estimate of drug-likeness (QED) is 0.752. The zero-order valence-corrected chi connectivity index (χ0v) is 14.9. The van der Waals surface area contributed by atoms with Gasteiger partial charge in [0.05, 0.1) is 11.7 Å². The molecular weight excluding hydrogens is 272 g/mol. The summed E-state index contributed by atoms with van der Waals surface area (Å²) in [5.74, 6) is 0.566. The summed E-state index contributed by atoms with van der Waals surface area (Å²) in [5.41, 5.74) is 0.329. The fraction of sp³-hybridized carbons (Fsp3) is 0.800. The Labute approximate surface area is 136 Å². The Morgan fingerprint density at radius 3 is 2.45 bits per heavy atom. The molecule has 22 heavy (non-hydrogen) atoms. The van der Waals surface area contributed by atoms with Gasteiger partial charge in [-0.15, -0.1) is 0 Å². The molecular formula is C20H34O2. The maximum absolute atomic E-state index is 11.1. The van der Waals surface area contributed by atoms with Crippen LogP contribution in [0.5, 0.6) is 0 Å². The van der Waals surface area contributed by atoms with Crippen LogP contribution in [0.2, 0.25) is 0 Å². The van der Waals surface area contributed by atoms with Gasteiger partial charge in [0.25, 0.3) is 0 Å². The molecule has 2 saturated carbocycles. The summed E-state index contributed by atoms with van der Waals surface area (Å²) in [5, 5.41) is 21.7. The van der Waals surface area contributed by atoms with Gasteiger partial charge in [-0.1, -0.05) is 52.0 Å². The molecule has 2 rings (SSSR count). The summed E-state index contributed by atoms with van der Waals surface area (Å²) in [6.07, 6.45) is 7.19. The SMILES string of the molecule is C=CC(=C)CC[C@@H]1[C@@](C)(O)[C@H](O)C[C@@H]2C(C)(C)CCC[C@]21C. The molecule has 0 amide bonds. The molecule has 0 aromatic carbocycles. The molecule has 0 radical (unpaired) electrons. The highest BCUT2D eigenvalue weighted by Crippen LogP contribution is 2.62. The molecule has 0 spiro atoms. The molecule has 2 heteroatoms.